The van der Waals surface area contributed by atoms with E-state index in [1.165, 1.54) is 0 Å². The summed E-state index contributed by atoms with van der Waals surface area (Å²) in [6.45, 7) is -1.57. The van der Waals surface area contributed by atoms with Gasteiger partial charge in [-0.05, 0) is 18.6 Å². The Hall–Kier alpha value is -2.25. The van der Waals surface area contributed by atoms with E-state index < -0.39 is 36.0 Å². The third kappa shape index (κ3) is 5.27. The maximum absolute atomic E-state index is 13.0. The standard InChI is InChI=1S/C14H16F3NO4/c1-2-3-8(13(20)21)7-18-12(19)10-5-4-9(15)6-11(10)22-14(16)17/h4-6,8,14H,2-3,7H2,1H3,(H,18,19)(H,20,21). The molecule has 0 aromatic heterocycles. The van der Waals surface area contributed by atoms with Gasteiger partial charge in [0.1, 0.15) is 11.6 Å². The van der Waals surface area contributed by atoms with E-state index in [4.69, 9.17) is 5.11 Å². The number of hydrogen-bond acceptors (Lipinski definition) is 3. The minimum absolute atomic E-state index is 0.159. The molecule has 0 radical (unpaired) electrons. The molecule has 22 heavy (non-hydrogen) atoms. The van der Waals surface area contributed by atoms with Crippen molar-refractivity contribution >= 4 is 11.9 Å². The van der Waals surface area contributed by atoms with Crippen molar-refractivity contribution in [3.05, 3.63) is 29.6 Å². The predicted molar refractivity (Wildman–Crippen MR) is 71.4 cm³/mol. The van der Waals surface area contributed by atoms with Gasteiger partial charge in [0.15, 0.2) is 0 Å². The molecule has 5 nitrogen and oxygen atoms in total. The first-order valence-electron chi connectivity index (χ1n) is 6.60. The van der Waals surface area contributed by atoms with Crippen LogP contribution in [0.5, 0.6) is 5.75 Å². The van der Waals surface area contributed by atoms with Crippen LogP contribution in [0.4, 0.5) is 13.2 Å². The monoisotopic (exact) mass is 319 g/mol. The zero-order valence-electron chi connectivity index (χ0n) is 11.8. The molecular weight excluding hydrogens is 303 g/mol. The smallest absolute Gasteiger partial charge is 0.387 e. The van der Waals surface area contributed by atoms with Crippen LogP contribution in [0, 0.1) is 11.7 Å². The summed E-state index contributed by atoms with van der Waals surface area (Å²) < 4.78 is 41.7. The van der Waals surface area contributed by atoms with Crippen LogP contribution >= 0.6 is 0 Å². The maximum atomic E-state index is 13.0. The van der Waals surface area contributed by atoms with Crippen LogP contribution in [0.2, 0.25) is 0 Å². The van der Waals surface area contributed by atoms with Gasteiger partial charge >= 0.3 is 12.6 Å². The molecule has 1 aromatic carbocycles. The molecule has 1 aromatic rings. The lowest BCUT2D eigenvalue weighted by atomic mass is 10.0. The zero-order chi connectivity index (χ0) is 16.7. The van der Waals surface area contributed by atoms with Gasteiger partial charge in [0.05, 0.1) is 11.5 Å². The maximum Gasteiger partial charge on any atom is 0.387 e. The minimum atomic E-state index is -3.21. The number of alkyl halides is 2. The first-order chi connectivity index (χ1) is 10.3. The Morgan fingerprint density at radius 3 is 2.59 bits per heavy atom. The lowest BCUT2D eigenvalue weighted by Gasteiger charge is -2.14. The highest BCUT2D eigenvalue weighted by molar-refractivity contribution is 5.97. The van der Waals surface area contributed by atoms with Gasteiger partial charge in [-0.3, -0.25) is 9.59 Å². The Labute approximate surface area is 125 Å². The molecule has 0 fully saturated rings. The molecule has 122 valence electrons. The minimum Gasteiger partial charge on any atom is -0.481 e. The summed E-state index contributed by atoms with van der Waals surface area (Å²) in [5.74, 6) is -4.09. The van der Waals surface area contributed by atoms with Crippen molar-refractivity contribution in [2.24, 2.45) is 5.92 Å². The van der Waals surface area contributed by atoms with E-state index in [0.29, 0.717) is 18.9 Å². The molecule has 0 aliphatic rings. The molecule has 1 atom stereocenters. The quantitative estimate of drug-likeness (QED) is 0.772. The molecule has 8 heteroatoms. The molecule has 0 saturated carbocycles. The molecule has 1 unspecified atom stereocenters. The fourth-order valence-corrected chi connectivity index (χ4v) is 1.85. The van der Waals surface area contributed by atoms with Gasteiger partial charge in [-0.15, -0.1) is 0 Å². The lowest BCUT2D eigenvalue weighted by Crippen LogP contribution is -2.33. The van der Waals surface area contributed by atoms with E-state index in [1.807, 2.05) is 0 Å². The fourth-order valence-electron chi connectivity index (χ4n) is 1.85. The van der Waals surface area contributed by atoms with Gasteiger partial charge in [0.25, 0.3) is 5.91 Å². The van der Waals surface area contributed by atoms with E-state index in [2.05, 4.69) is 10.1 Å². The number of ether oxygens (including phenoxy) is 1. The molecule has 1 amide bonds. The Kier molecular flexibility index (Phi) is 6.68. The number of benzene rings is 1. The second-order valence-electron chi connectivity index (χ2n) is 4.55. The van der Waals surface area contributed by atoms with Crippen LogP contribution in [0.3, 0.4) is 0 Å². The zero-order valence-corrected chi connectivity index (χ0v) is 11.8. The largest absolute Gasteiger partial charge is 0.481 e. The fraction of sp³-hybridized carbons (Fsp3) is 0.429. The number of carboxylic acids is 1. The SMILES string of the molecule is CCCC(CNC(=O)c1ccc(F)cc1OC(F)F)C(=O)O. The van der Waals surface area contributed by atoms with Crippen LogP contribution in [-0.2, 0) is 4.79 Å². The first-order valence-corrected chi connectivity index (χ1v) is 6.60. The third-order valence-electron chi connectivity index (χ3n) is 2.90. The van der Waals surface area contributed by atoms with Gasteiger partial charge in [0.2, 0.25) is 0 Å². The second kappa shape index (κ2) is 8.26. The molecular formula is C14H16F3NO4. The summed E-state index contributed by atoms with van der Waals surface area (Å²) >= 11 is 0. The van der Waals surface area contributed by atoms with Crippen molar-refractivity contribution in [3.63, 3.8) is 0 Å². The Morgan fingerprint density at radius 1 is 1.36 bits per heavy atom. The molecule has 1 rings (SSSR count). The number of nitrogens with one attached hydrogen (secondary N) is 1. The number of rotatable bonds is 8. The van der Waals surface area contributed by atoms with Gasteiger partial charge < -0.3 is 15.2 Å². The van der Waals surface area contributed by atoms with E-state index in [1.54, 1.807) is 6.92 Å². The number of halogens is 3. The summed E-state index contributed by atoms with van der Waals surface area (Å²) in [5.41, 5.74) is -0.290. The summed E-state index contributed by atoms with van der Waals surface area (Å²) in [6.07, 6.45) is 0.975. The Morgan fingerprint density at radius 2 is 2.05 bits per heavy atom. The second-order valence-corrected chi connectivity index (χ2v) is 4.55. The van der Waals surface area contributed by atoms with E-state index in [-0.39, 0.29) is 12.1 Å². The predicted octanol–water partition coefficient (Wildman–Crippen LogP) is 2.66. The topological polar surface area (TPSA) is 75.6 Å². The molecule has 0 aliphatic heterocycles. The van der Waals surface area contributed by atoms with Gasteiger partial charge in [-0.25, -0.2) is 4.39 Å². The van der Waals surface area contributed by atoms with Crippen LogP contribution < -0.4 is 10.1 Å². The molecule has 0 saturated heterocycles. The number of carbonyl (C=O) groups excluding carboxylic acids is 1. The number of hydrogen-bond donors (Lipinski definition) is 2. The average molecular weight is 319 g/mol. The molecule has 0 bridgehead atoms. The van der Waals surface area contributed by atoms with Crippen molar-refractivity contribution in [2.75, 3.05) is 6.54 Å². The van der Waals surface area contributed by atoms with Gasteiger partial charge in [-0.2, -0.15) is 8.78 Å². The summed E-state index contributed by atoms with van der Waals surface area (Å²) in [6, 6.07) is 2.59. The summed E-state index contributed by atoms with van der Waals surface area (Å²) in [7, 11) is 0. The van der Waals surface area contributed by atoms with Gasteiger partial charge in [-0.1, -0.05) is 13.3 Å². The van der Waals surface area contributed by atoms with Crippen LogP contribution in [0.25, 0.3) is 0 Å². The van der Waals surface area contributed by atoms with Crippen molar-refractivity contribution < 1.29 is 32.6 Å². The number of carboxylic acid groups (broad SMARTS) is 1. The van der Waals surface area contributed by atoms with Crippen molar-refractivity contribution in [2.45, 2.75) is 26.4 Å². The summed E-state index contributed by atoms with van der Waals surface area (Å²) in [5, 5.41) is 11.3. The van der Waals surface area contributed by atoms with Crippen molar-refractivity contribution in [3.8, 4) is 5.75 Å². The lowest BCUT2D eigenvalue weighted by molar-refractivity contribution is -0.141. The van der Waals surface area contributed by atoms with E-state index in [0.717, 1.165) is 12.1 Å². The van der Waals surface area contributed by atoms with Crippen molar-refractivity contribution in [1.82, 2.24) is 5.32 Å². The van der Waals surface area contributed by atoms with Crippen LogP contribution in [0.15, 0.2) is 18.2 Å². The highest BCUT2D eigenvalue weighted by atomic mass is 19.3. The van der Waals surface area contributed by atoms with Crippen LogP contribution in [0.1, 0.15) is 30.1 Å². The molecule has 0 heterocycles. The Balaban J connectivity index is 2.82. The average Bonchev–Trinajstić information content (AvgIpc) is 2.42. The van der Waals surface area contributed by atoms with Gasteiger partial charge in [0, 0.05) is 12.6 Å². The molecule has 0 spiro atoms. The van der Waals surface area contributed by atoms with E-state index in [9.17, 15) is 22.8 Å². The molecule has 2 N–H and O–H groups in total. The van der Waals surface area contributed by atoms with E-state index >= 15 is 0 Å². The number of carbonyl (C=O) groups is 2. The first kappa shape index (κ1) is 17.8. The molecule has 0 aliphatic carbocycles. The summed E-state index contributed by atoms with van der Waals surface area (Å²) in [4.78, 5) is 22.9. The number of amides is 1. The third-order valence-corrected chi connectivity index (χ3v) is 2.90. The van der Waals surface area contributed by atoms with Crippen LogP contribution in [-0.4, -0.2) is 30.1 Å². The Bertz CT molecular complexity index is 537. The number of aliphatic carboxylic acids is 1. The van der Waals surface area contributed by atoms with Crippen molar-refractivity contribution in [1.29, 1.82) is 0 Å². The normalized spacial score (nSPS) is 12.0. The highest BCUT2D eigenvalue weighted by Gasteiger charge is 2.20. The highest BCUT2D eigenvalue weighted by Crippen LogP contribution is 2.22.